The van der Waals surface area contributed by atoms with Crippen LogP contribution < -0.4 is 5.32 Å². The van der Waals surface area contributed by atoms with E-state index in [2.05, 4.69) is 5.32 Å². The van der Waals surface area contributed by atoms with Crippen LogP contribution in [0.15, 0.2) is 29.2 Å². The molecule has 1 aliphatic heterocycles. The Kier molecular flexibility index (Phi) is 3.44. The standard InChI is InChI=1S/C11H13NO3S2/c1-17(14,15)9-4-2-8(3-5-9)6-10-11(13)12-7-16-10/h2-5,10H,6-7H2,1H3,(H,12,13). The average Bonchev–Trinajstić information content (AvgIpc) is 2.64. The summed E-state index contributed by atoms with van der Waals surface area (Å²) < 4.78 is 22.5. The Morgan fingerprint density at radius 1 is 1.35 bits per heavy atom. The summed E-state index contributed by atoms with van der Waals surface area (Å²) in [7, 11) is -3.14. The molecular formula is C11H13NO3S2. The first-order chi connectivity index (χ1) is 7.97. The molecule has 6 heteroatoms. The highest BCUT2D eigenvalue weighted by molar-refractivity contribution is 8.01. The predicted octanol–water partition coefficient (Wildman–Crippen LogP) is 0.822. The molecule has 0 radical (unpaired) electrons. The number of hydrogen-bond donors (Lipinski definition) is 1. The normalized spacial score (nSPS) is 20.3. The summed E-state index contributed by atoms with van der Waals surface area (Å²) in [6.45, 7) is 0. The molecular weight excluding hydrogens is 258 g/mol. The van der Waals surface area contributed by atoms with Crippen molar-refractivity contribution in [3.05, 3.63) is 29.8 Å². The number of thioether (sulfide) groups is 1. The number of rotatable bonds is 3. The van der Waals surface area contributed by atoms with E-state index in [1.807, 2.05) is 0 Å². The lowest BCUT2D eigenvalue weighted by Gasteiger charge is -2.06. The Morgan fingerprint density at radius 2 is 2.00 bits per heavy atom. The molecule has 0 aromatic heterocycles. The summed E-state index contributed by atoms with van der Waals surface area (Å²) in [6.07, 6.45) is 1.82. The van der Waals surface area contributed by atoms with Crippen LogP contribution in [0.1, 0.15) is 5.56 Å². The van der Waals surface area contributed by atoms with E-state index < -0.39 is 9.84 Å². The lowest BCUT2D eigenvalue weighted by molar-refractivity contribution is -0.119. The molecule has 0 spiro atoms. The van der Waals surface area contributed by atoms with Crippen LogP contribution in [0, 0.1) is 0 Å². The molecule has 0 aliphatic carbocycles. The van der Waals surface area contributed by atoms with Gasteiger partial charge in [-0.15, -0.1) is 11.8 Å². The van der Waals surface area contributed by atoms with E-state index in [4.69, 9.17) is 0 Å². The summed E-state index contributed by atoms with van der Waals surface area (Å²) >= 11 is 1.58. The molecule has 1 atom stereocenters. The number of amides is 1. The minimum absolute atomic E-state index is 0.0564. The molecule has 1 aliphatic rings. The maximum Gasteiger partial charge on any atom is 0.234 e. The molecule has 1 unspecified atom stereocenters. The minimum atomic E-state index is -3.14. The van der Waals surface area contributed by atoms with Crippen molar-refractivity contribution in [1.82, 2.24) is 5.32 Å². The van der Waals surface area contributed by atoms with Crippen LogP contribution in [0.2, 0.25) is 0 Å². The molecule has 0 saturated carbocycles. The number of sulfone groups is 1. The molecule has 17 heavy (non-hydrogen) atoms. The Hall–Kier alpha value is -1.01. The first-order valence-corrected chi connectivity index (χ1v) is 8.09. The van der Waals surface area contributed by atoms with Crippen LogP contribution >= 0.6 is 11.8 Å². The highest BCUT2D eigenvalue weighted by Crippen LogP contribution is 2.21. The van der Waals surface area contributed by atoms with Crippen LogP contribution in [-0.4, -0.2) is 31.7 Å². The first-order valence-electron chi connectivity index (χ1n) is 5.15. The topological polar surface area (TPSA) is 63.2 Å². The van der Waals surface area contributed by atoms with Gasteiger partial charge in [0, 0.05) is 6.26 Å². The number of carbonyl (C=O) groups is 1. The van der Waals surface area contributed by atoms with E-state index >= 15 is 0 Å². The van der Waals surface area contributed by atoms with Gasteiger partial charge in [-0.1, -0.05) is 12.1 Å². The van der Waals surface area contributed by atoms with E-state index in [1.165, 1.54) is 6.26 Å². The van der Waals surface area contributed by atoms with Crippen LogP contribution in [0.5, 0.6) is 0 Å². The molecule has 2 rings (SSSR count). The van der Waals surface area contributed by atoms with Crippen molar-refractivity contribution in [1.29, 1.82) is 0 Å². The molecule has 1 saturated heterocycles. The van der Waals surface area contributed by atoms with Gasteiger partial charge in [-0.25, -0.2) is 8.42 Å². The van der Waals surface area contributed by atoms with Gasteiger partial charge in [0.25, 0.3) is 0 Å². The molecule has 92 valence electrons. The highest BCUT2D eigenvalue weighted by Gasteiger charge is 2.24. The van der Waals surface area contributed by atoms with Crippen molar-refractivity contribution in [2.75, 3.05) is 12.1 Å². The monoisotopic (exact) mass is 271 g/mol. The van der Waals surface area contributed by atoms with Gasteiger partial charge in [-0.3, -0.25) is 4.79 Å². The lowest BCUT2D eigenvalue weighted by atomic mass is 10.1. The van der Waals surface area contributed by atoms with Crippen LogP contribution in [0.25, 0.3) is 0 Å². The number of benzene rings is 1. The molecule has 1 aromatic rings. The van der Waals surface area contributed by atoms with Crippen molar-refractivity contribution < 1.29 is 13.2 Å². The Labute approximate surface area is 105 Å². The van der Waals surface area contributed by atoms with Gasteiger partial charge in [0.1, 0.15) is 0 Å². The van der Waals surface area contributed by atoms with Crippen molar-refractivity contribution >= 4 is 27.5 Å². The fourth-order valence-electron chi connectivity index (χ4n) is 1.64. The van der Waals surface area contributed by atoms with Crippen molar-refractivity contribution in [2.24, 2.45) is 0 Å². The van der Waals surface area contributed by atoms with Crippen molar-refractivity contribution in [3.8, 4) is 0 Å². The van der Waals surface area contributed by atoms with E-state index in [0.717, 1.165) is 5.56 Å². The summed E-state index contributed by atoms with van der Waals surface area (Å²) in [5, 5.41) is 2.70. The minimum Gasteiger partial charge on any atom is -0.346 e. The first kappa shape index (κ1) is 12.4. The Balaban J connectivity index is 2.11. The zero-order chi connectivity index (χ0) is 12.5. The summed E-state index contributed by atoms with van der Waals surface area (Å²) in [5.74, 6) is 0.715. The summed E-state index contributed by atoms with van der Waals surface area (Å²) in [4.78, 5) is 11.7. The summed E-state index contributed by atoms with van der Waals surface area (Å²) in [6, 6.07) is 6.70. The highest BCUT2D eigenvalue weighted by atomic mass is 32.2. The maximum atomic E-state index is 11.4. The lowest BCUT2D eigenvalue weighted by Crippen LogP contribution is -2.24. The Morgan fingerprint density at radius 3 is 2.47 bits per heavy atom. The molecule has 4 nitrogen and oxygen atoms in total. The summed E-state index contributed by atoms with van der Waals surface area (Å²) in [5.41, 5.74) is 0.979. The third kappa shape index (κ3) is 3.01. The maximum absolute atomic E-state index is 11.4. The third-order valence-electron chi connectivity index (χ3n) is 2.60. The van der Waals surface area contributed by atoms with E-state index in [1.54, 1.807) is 36.0 Å². The fraction of sp³-hybridized carbons (Fsp3) is 0.364. The second-order valence-electron chi connectivity index (χ2n) is 3.96. The van der Waals surface area contributed by atoms with Gasteiger partial charge in [-0.05, 0) is 24.1 Å². The van der Waals surface area contributed by atoms with E-state index in [0.29, 0.717) is 17.2 Å². The zero-order valence-corrected chi connectivity index (χ0v) is 11.0. The smallest absolute Gasteiger partial charge is 0.234 e. The van der Waals surface area contributed by atoms with Gasteiger partial charge >= 0.3 is 0 Å². The molecule has 1 N–H and O–H groups in total. The second-order valence-corrected chi connectivity index (χ2v) is 7.17. The quantitative estimate of drug-likeness (QED) is 0.884. The van der Waals surface area contributed by atoms with Gasteiger partial charge in [0.2, 0.25) is 5.91 Å². The number of carbonyl (C=O) groups excluding carboxylic acids is 1. The van der Waals surface area contributed by atoms with E-state index in [-0.39, 0.29) is 11.2 Å². The molecule has 1 fully saturated rings. The van der Waals surface area contributed by atoms with Gasteiger partial charge in [-0.2, -0.15) is 0 Å². The van der Waals surface area contributed by atoms with Crippen LogP contribution in [-0.2, 0) is 21.1 Å². The molecule has 1 aromatic carbocycles. The zero-order valence-electron chi connectivity index (χ0n) is 9.34. The van der Waals surface area contributed by atoms with Gasteiger partial charge in [0.15, 0.2) is 9.84 Å². The Bertz CT molecular complexity index is 522. The van der Waals surface area contributed by atoms with Crippen molar-refractivity contribution in [3.63, 3.8) is 0 Å². The largest absolute Gasteiger partial charge is 0.346 e. The second kappa shape index (κ2) is 4.70. The molecule has 0 bridgehead atoms. The van der Waals surface area contributed by atoms with Crippen LogP contribution in [0.4, 0.5) is 0 Å². The molecule has 1 amide bonds. The van der Waals surface area contributed by atoms with Crippen molar-refractivity contribution in [2.45, 2.75) is 16.6 Å². The SMILES string of the molecule is CS(=O)(=O)c1ccc(CC2SCNC2=O)cc1. The predicted molar refractivity (Wildman–Crippen MR) is 67.6 cm³/mol. The average molecular weight is 271 g/mol. The molecule has 1 heterocycles. The fourth-order valence-corrected chi connectivity index (χ4v) is 3.24. The number of nitrogens with one attached hydrogen (secondary N) is 1. The van der Waals surface area contributed by atoms with Crippen LogP contribution in [0.3, 0.4) is 0 Å². The van der Waals surface area contributed by atoms with Gasteiger partial charge in [0.05, 0.1) is 16.0 Å². The van der Waals surface area contributed by atoms with E-state index in [9.17, 15) is 13.2 Å². The third-order valence-corrected chi connectivity index (χ3v) is 4.82. The van der Waals surface area contributed by atoms with Gasteiger partial charge < -0.3 is 5.32 Å². The number of hydrogen-bond acceptors (Lipinski definition) is 4.